The van der Waals surface area contributed by atoms with E-state index in [0.29, 0.717) is 20.9 Å². The van der Waals surface area contributed by atoms with E-state index in [9.17, 15) is 22.4 Å². The fourth-order valence-corrected chi connectivity index (χ4v) is 3.99. The van der Waals surface area contributed by atoms with Crippen molar-refractivity contribution in [1.82, 2.24) is 4.98 Å². The summed E-state index contributed by atoms with van der Waals surface area (Å²) in [4.78, 5) is 14.9. The molecule has 1 aromatic heterocycles. The molecule has 3 rings (SSSR count). The maximum absolute atomic E-state index is 14.2. The van der Waals surface area contributed by atoms with Crippen molar-refractivity contribution in [2.45, 2.75) is 29.3 Å². The third kappa shape index (κ3) is 3.91. The predicted molar refractivity (Wildman–Crippen MR) is 94.9 cm³/mol. The van der Waals surface area contributed by atoms with Gasteiger partial charge in [0.25, 0.3) is 0 Å². The summed E-state index contributed by atoms with van der Waals surface area (Å²) >= 11 is 6.90. The molecule has 0 amide bonds. The number of carboxylic acid groups (broad SMARTS) is 1. The number of halogens is 5. The van der Waals surface area contributed by atoms with Crippen LogP contribution < -0.4 is 0 Å². The molecule has 2 aromatic carbocycles. The Hall–Kier alpha value is -2.19. The van der Waals surface area contributed by atoms with Crippen LogP contribution in [0.5, 0.6) is 0 Å². The number of H-pyrrole nitrogens is 1. The highest BCUT2D eigenvalue weighted by atomic mass is 35.5. The summed E-state index contributed by atoms with van der Waals surface area (Å²) in [5, 5.41) is 9.41. The lowest BCUT2D eigenvalue weighted by Gasteiger charge is -2.13. The summed E-state index contributed by atoms with van der Waals surface area (Å²) in [6, 6.07) is 6.35. The molecule has 0 aliphatic heterocycles. The van der Waals surface area contributed by atoms with Crippen LogP contribution in [-0.4, -0.2) is 16.1 Å². The second kappa shape index (κ2) is 7.09. The van der Waals surface area contributed by atoms with Gasteiger partial charge in [-0.3, -0.25) is 4.79 Å². The molecule has 0 saturated heterocycles. The fraction of sp³-hybridized carbons (Fsp3) is 0.167. The van der Waals surface area contributed by atoms with Crippen molar-refractivity contribution in [3.63, 3.8) is 0 Å². The average molecular weight is 418 g/mol. The minimum atomic E-state index is -4.65. The van der Waals surface area contributed by atoms with Crippen LogP contribution in [0.15, 0.2) is 40.1 Å². The first-order valence-corrected chi connectivity index (χ1v) is 8.83. The van der Waals surface area contributed by atoms with E-state index in [1.807, 2.05) is 0 Å². The van der Waals surface area contributed by atoms with Gasteiger partial charge in [-0.1, -0.05) is 23.4 Å². The van der Waals surface area contributed by atoms with Crippen LogP contribution in [0.2, 0.25) is 5.02 Å². The molecule has 0 unspecified atom stereocenters. The maximum atomic E-state index is 14.2. The molecular weight excluding hydrogens is 406 g/mol. The normalized spacial score (nSPS) is 11.9. The van der Waals surface area contributed by atoms with Crippen LogP contribution in [0.3, 0.4) is 0 Å². The predicted octanol–water partition coefficient (Wildman–Crippen LogP) is 6.07. The van der Waals surface area contributed by atoms with E-state index in [0.717, 1.165) is 17.8 Å². The Morgan fingerprint density at radius 3 is 2.59 bits per heavy atom. The number of nitrogens with one attached hydrogen (secondary N) is 1. The first kappa shape index (κ1) is 19.6. The fourth-order valence-electron chi connectivity index (χ4n) is 2.78. The lowest BCUT2D eigenvalue weighted by Crippen LogP contribution is -2.12. The monoisotopic (exact) mass is 417 g/mol. The quantitative estimate of drug-likeness (QED) is 0.507. The molecule has 2 N–H and O–H groups in total. The number of carbonyl (C=O) groups is 1. The second-order valence-electron chi connectivity index (χ2n) is 5.85. The number of alkyl halides is 3. The molecular formula is C18H12ClF4NO2S. The Morgan fingerprint density at radius 1 is 1.26 bits per heavy atom. The van der Waals surface area contributed by atoms with Crippen LogP contribution >= 0.6 is 23.4 Å². The highest BCUT2D eigenvalue weighted by Gasteiger charge is 2.33. The smallest absolute Gasteiger partial charge is 0.416 e. The zero-order valence-electron chi connectivity index (χ0n) is 13.7. The van der Waals surface area contributed by atoms with E-state index in [-0.39, 0.29) is 16.1 Å². The number of carboxylic acids is 1. The summed E-state index contributed by atoms with van der Waals surface area (Å²) < 4.78 is 53.5. The van der Waals surface area contributed by atoms with Crippen molar-refractivity contribution >= 4 is 40.2 Å². The van der Waals surface area contributed by atoms with Gasteiger partial charge in [0.2, 0.25) is 0 Å². The van der Waals surface area contributed by atoms with Crippen LogP contribution in [0.1, 0.15) is 16.8 Å². The van der Waals surface area contributed by atoms with Crippen molar-refractivity contribution in [3.8, 4) is 0 Å². The summed E-state index contributed by atoms with van der Waals surface area (Å²) in [6.45, 7) is 1.71. The number of hydrogen-bond acceptors (Lipinski definition) is 2. The molecule has 3 aromatic rings. The molecule has 0 aliphatic rings. The molecule has 142 valence electrons. The van der Waals surface area contributed by atoms with E-state index in [1.165, 1.54) is 18.2 Å². The van der Waals surface area contributed by atoms with Gasteiger partial charge in [0, 0.05) is 20.9 Å². The van der Waals surface area contributed by atoms with Crippen molar-refractivity contribution in [2.24, 2.45) is 0 Å². The van der Waals surface area contributed by atoms with Crippen LogP contribution in [0, 0.1) is 12.7 Å². The SMILES string of the molecule is Cc1[nH]c2c(F)c(Cl)ccc2c1Sc1ccc(C(F)(F)F)c(CC(=O)O)c1. The van der Waals surface area contributed by atoms with Gasteiger partial charge in [-0.15, -0.1) is 0 Å². The molecule has 0 radical (unpaired) electrons. The number of hydrogen-bond donors (Lipinski definition) is 2. The van der Waals surface area contributed by atoms with Gasteiger partial charge < -0.3 is 10.1 Å². The van der Waals surface area contributed by atoms with Crippen molar-refractivity contribution < 1.29 is 27.5 Å². The van der Waals surface area contributed by atoms with E-state index in [4.69, 9.17) is 16.7 Å². The maximum Gasteiger partial charge on any atom is 0.416 e. The largest absolute Gasteiger partial charge is 0.481 e. The first-order chi connectivity index (χ1) is 12.6. The van der Waals surface area contributed by atoms with E-state index < -0.39 is 29.9 Å². The van der Waals surface area contributed by atoms with E-state index in [1.54, 1.807) is 13.0 Å². The van der Waals surface area contributed by atoms with Crippen LogP contribution in [0.4, 0.5) is 17.6 Å². The molecule has 0 atom stereocenters. The minimum Gasteiger partial charge on any atom is -0.481 e. The Morgan fingerprint density at radius 2 is 1.96 bits per heavy atom. The average Bonchev–Trinajstić information content (AvgIpc) is 2.86. The standard InChI is InChI=1S/C18H12ClF4NO2S/c1-8-17(11-3-5-13(19)15(20)16(11)24-8)27-10-2-4-12(18(21,22)23)9(6-10)7-14(25)26/h2-6,24H,7H2,1H3,(H,25,26). The number of aromatic nitrogens is 1. The van der Waals surface area contributed by atoms with Gasteiger partial charge in [0.1, 0.15) is 0 Å². The van der Waals surface area contributed by atoms with E-state index in [2.05, 4.69) is 4.98 Å². The third-order valence-electron chi connectivity index (χ3n) is 3.94. The summed E-state index contributed by atoms with van der Waals surface area (Å²) in [6.07, 6.45) is -5.40. The first-order valence-electron chi connectivity index (χ1n) is 7.64. The summed E-state index contributed by atoms with van der Waals surface area (Å²) in [5.41, 5.74) is -0.481. The number of benzene rings is 2. The molecule has 1 heterocycles. The van der Waals surface area contributed by atoms with Gasteiger partial charge in [-0.2, -0.15) is 13.2 Å². The number of aromatic amines is 1. The van der Waals surface area contributed by atoms with Crippen LogP contribution in [-0.2, 0) is 17.4 Å². The molecule has 0 bridgehead atoms. The zero-order chi connectivity index (χ0) is 19.9. The lowest BCUT2D eigenvalue weighted by molar-refractivity contribution is -0.139. The molecule has 3 nitrogen and oxygen atoms in total. The molecule has 9 heteroatoms. The second-order valence-corrected chi connectivity index (χ2v) is 7.34. The summed E-state index contributed by atoms with van der Waals surface area (Å²) in [7, 11) is 0. The summed E-state index contributed by atoms with van der Waals surface area (Å²) in [5.74, 6) is -1.97. The zero-order valence-corrected chi connectivity index (χ0v) is 15.3. The number of aryl methyl sites for hydroxylation is 1. The Labute approximate surface area is 160 Å². The minimum absolute atomic E-state index is 0.0430. The van der Waals surface area contributed by atoms with Gasteiger partial charge in [-0.05, 0) is 42.8 Å². The van der Waals surface area contributed by atoms with Gasteiger partial charge >= 0.3 is 12.1 Å². The van der Waals surface area contributed by atoms with Gasteiger partial charge in [0.05, 0.1) is 22.5 Å². The molecule has 27 heavy (non-hydrogen) atoms. The third-order valence-corrected chi connectivity index (χ3v) is 5.45. The number of fused-ring (bicyclic) bond motifs is 1. The molecule has 0 fully saturated rings. The van der Waals surface area contributed by atoms with Crippen molar-refractivity contribution in [1.29, 1.82) is 0 Å². The van der Waals surface area contributed by atoms with Crippen LogP contribution in [0.25, 0.3) is 10.9 Å². The Kier molecular flexibility index (Phi) is 5.14. The topological polar surface area (TPSA) is 53.1 Å². The molecule has 0 saturated carbocycles. The van der Waals surface area contributed by atoms with Crippen molar-refractivity contribution in [3.05, 3.63) is 58.0 Å². The number of rotatable bonds is 4. The number of aliphatic carboxylic acids is 1. The van der Waals surface area contributed by atoms with Gasteiger partial charge in [-0.25, -0.2) is 4.39 Å². The molecule has 0 aliphatic carbocycles. The van der Waals surface area contributed by atoms with E-state index >= 15 is 0 Å². The Balaban J connectivity index is 2.06. The van der Waals surface area contributed by atoms with Gasteiger partial charge in [0.15, 0.2) is 5.82 Å². The molecule has 0 spiro atoms. The highest BCUT2D eigenvalue weighted by molar-refractivity contribution is 7.99. The lowest BCUT2D eigenvalue weighted by atomic mass is 10.0. The van der Waals surface area contributed by atoms with Crippen molar-refractivity contribution in [2.75, 3.05) is 0 Å². The Bertz CT molecular complexity index is 1050. The highest BCUT2D eigenvalue weighted by Crippen LogP contribution is 2.40.